The number of aliphatic imine (C=N–C) groups is 1. The van der Waals surface area contributed by atoms with Crippen LogP contribution >= 0.6 is 22.6 Å². The topological polar surface area (TPSA) is 40.0 Å². The molecule has 0 unspecified atom stereocenters. The fourth-order valence-corrected chi connectivity index (χ4v) is 3.15. The van der Waals surface area contributed by atoms with Gasteiger partial charge in [-0.05, 0) is 29.4 Å². The minimum absolute atomic E-state index is 0.0156. The molecule has 4 nitrogen and oxygen atoms in total. The van der Waals surface area contributed by atoms with Gasteiger partial charge < -0.3 is 14.2 Å². The first kappa shape index (κ1) is 14.3. The van der Waals surface area contributed by atoms with Crippen LogP contribution in [0.25, 0.3) is 0 Å². The van der Waals surface area contributed by atoms with Crippen LogP contribution in [0.4, 0.5) is 0 Å². The summed E-state index contributed by atoms with van der Waals surface area (Å²) in [4.78, 5) is 4.67. The van der Waals surface area contributed by atoms with Crippen LogP contribution in [0.5, 0.6) is 0 Å². The maximum Gasteiger partial charge on any atom is 0.217 e. The summed E-state index contributed by atoms with van der Waals surface area (Å²) in [5.74, 6) is 0.713. The first-order valence-electron chi connectivity index (χ1n) is 6.87. The van der Waals surface area contributed by atoms with Crippen molar-refractivity contribution in [2.24, 2.45) is 4.99 Å². The second-order valence-electron chi connectivity index (χ2n) is 4.98. The molecule has 4 atom stereocenters. The smallest absolute Gasteiger partial charge is 0.217 e. The predicted octanol–water partition coefficient (Wildman–Crippen LogP) is 2.79. The highest BCUT2D eigenvalue weighted by atomic mass is 127. The summed E-state index contributed by atoms with van der Waals surface area (Å²) in [5.41, 5.74) is 1.02. The standard InChI is InChI=1S/C15H18INO3/c1-18-15-12-13(11(19-15)8-5-9-16)20-14(17-12)10-6-3-2-4-7-10/h2-4,6-7,11-13,15H,5,8-9H2,1H3/t11-,12-,13-,15-/m1/s1. The third kappa shape index (κ3) is 2.71. The van der Waals surface area contributed by atoms with Gasteiger partial charge in [0.15, 0.2) is 12.4 Å². The van der Waals surface area contributed by atoms with Gasteiger partial charge in [0.25, 0.3) is 0 Å². The Morgan fingerprint density at radius 1 is 1.30 bits per heavy atom. The van der Waals surface area contributed by atoms with E-state index in [-0.39, 0.29) is 24.5 Å². The zero-order valence-corrected chi connectivity index (χ0v) is 13.5. The van der Waals surface area contributed by atoms with Crippen molar-refractivity contribution >= 4 is 28.5 Å². The molecule has 0 N–H and O–H groups in total. The molecule has 0 saturated carbocycles. The molecule has 1 saturated heterocycles. The van der Waals surface area contributed by atoms with E-state index in [1.165, 1.54) is 0 Å². The van der Waals surface area contributed by atoms with Crippen molar-refractivity contribution in [3.63, 3.8) is 0 Å². The second kappa shape index (κ2) is 6.41. The number of halogens is 1. The molecule has 2 heterocycles. The lowest BCUT2D eigenvalue weighted by atomic mass is 10.1. The number of ether oxygens (including phenoxy) is 3. The fourth-order valence-electron chi connectivity index (χ4n) is 2.71. The van der Waals surface area contributed by atoms with Gasteiger partial charge in [-0.3, -0.25) is 0 Å². The molecular weight excluding hydrogens is 369 g/mol. The predicted molar refractivity (Wildman–Crippen MR) is 85.4 cm³/mol. The molecule has 0 amide bonds. The van der Waals surface area contributed by atoms with Crippen LogP contribution in [0.3, 0.4) is 0 Å². The summed E-state index contributed by atoms with van der Waals surface area (Å²) in [6.07, 6.45) is 1.87. The van der Waals surface area contributed by atoms with Crippen molar-refractivity contribution in [3.8, 4) is 0 Å². The summed E-state index contributed by atoms with van der Waals surface area (Å²) in [5, 5.41) is 0. The molecule has 1 fully saturated rings. The summed E-state index contributed by atoms with van der Waals surface area (Å²) >= 11 is 2.39. The molecule has 2 aliphatic heterocycles. The van der Waals surface area contributed by atoms with E-state index in [9.17, 15) is 0 Å². The Balaban J connectivity index is 1.77. The van der Waals surface area contributed by atoms with Crippen LogP contribution in [0.2, 0.25) is 0 Å². The van der Waals surface area contributed by atoms with Crippen LogP contribution in [0.1, 0.15) is 18.4 Å². The number of nitrogens with zero attached hydrogens (tertiary/aromatic N) is 1. The zero-order chi connectivity index (χ0) is 13.9. The Bertz CT molecular complexity index is 479. The van der Waals surface area contributed by atoms with Gasteiger partial charge in [0.05, 0.1) is 0 Å². The third-order valence-corrected chi connectivity index (χ3v) is 4.44. The third-order valence-electron chi connectivity index (χ3n) is 3.68. The van der Waals surface area contributed by atoms with Gasteiger partial charge in [0.1, 0.15) is 12.1 Å². The van der Waals surface area contributed by atoms with E-state index in [1.807, 2.05) is 30.3 Å². The Morgan fingerprint density at radius 3 is 2.80 bits per heavy atom. The number of alkyl halides is 1. The van der Waals surface area contributed by atoms with Crippen molar-refractivity contribution in [1.82, 2.24) is 0 Å². The molecule has 0 radical (unpaired) electrons. The molecule has 3 rings (SSSR count). The number of benzene rings is 1. The Hall–Kier alpha value is -0.660. The van der Waals surface area contributed by atoms with Gasteiger partial charge in [-0.25, -0.2) is 4.99 Å². The first-order valence-corrected chi connectivity index (χ1v) is 8.40. The minimum Gasteiger partial charge on any atom is -0.469 e. The average molecular weight is 387 g/mol. The maximum atomic E-state index is 6.06. The summed E-state index contributed by atoms with van der Waals surface area (Å²) in [7, 11) is 1.67. The van der Waals surface area contributed by atoms with E-state index in [4.69, 9.17) is 14.2 Å². The number of fused-ring (bicyclic) bond motifs is 1. The lowest BCUT2D eigenvalue weighted by Crippen LogP contribution is -2.30. The van der Waals surface area contributed by atoms with Gasteiger partial charge in [0.2, 0.25) is 5.90 Å². The molecular formula is C15H18INO3. The molecule has 1 aromatic carbocycles. The molecule has 20 heavy (non-hydrogen) atoms. The van der Waals surface area contributed by atoms with Gasteiger partial charge in [0, 0.05) is 12.7 Å². The molecule has 5 heteroatoms. The molecule has 1 aromatic rings. The van der Waals surface area contributed by atoms with E-state index >= 15 is 0 Å². The molecule has 0 bridgehead atoms. The summed E-state index contributed by atoms with van der Waals surface area (Å²) in [6.45, 7) is 0. The Morgan fingerprint density at radius 2 is 2.10 bits per heavy atom. The van der Waals surface area contributed by atoms with Crippen LogP contribution < -0.4 is 0 Å². The minimum atomic E-state index is -0.291. The largest absolute Gasteiger partial charge is 0.469 e. The monoisotopic (exact) mass is 387 g/mol. The van der Waals surface area contributed by atoms with Crippen LogP contribution in [-0.4, -0.2) is 42.0 Å². The number of hydrogen-bond donors (Lipinski definition) is 0. The van der Waals surface area contributed by atoms with Crippen LogP contribution in [0, 0.1) is 0 Å². The van der Waals surface area contributed by atoms with Gasteiger partial charge >= 0.3 is 0 Å². The van der Waals surface area contributed by atoms with Gasteiger partial charge in [-0.15, -0.1) is 0 Å². The second-order valence-corrected chi connectivity index (χ2v) is 6.06. The van der Waals surface area contributed by atoms with Crippen molar-refractivity contribution in [2.75, 3.05) is 11.5 Å². The Kier molecular flexibility index (Phi) is 4.58. The lowest BCUT2D eigenvalue weighted by molar-refractivity contribution is -0.123. The quantitative estimate of drug-likeness (QED) is 0.576. The van der Waals surface area contributed by atoms with Gasteiger partial charge in [-0.2, -0.15) is 0 Å². The molecule has 0 aromatic heterocycles. The van der Waals surface area contributed by atoms with E-state index in [0.29, 0.717) is 5.90 Å². The van der Waals surface area contributed by atoms with Crippen LogP contribution in [0.15, 0.2) is 35.3 Å². The normalized spacial score (nSPS) is 31.8. The van der Waals surface area contributed by atoms with Crippen LogP contribution in [-0.2, 0) is 14.2 Å². The van der Waals surface area contributed by atoms with E-state index in [1.54, 1.807) is 7.11 Å². The van der Waals surface area contributed by atoms with Gasteiger partial charge in [-0.1, -0.05) is 40.8 Å². The highest BCUT2D eigenvalue weighted by Crippen LogP contribution is 2.34. The molecule has 2 aliphatic rings. The number of methoxy groups -OCH3 is 1. The molecule has 0 spiro atoms. The summed E-state index contributed by atoms with van der Waals surface area (Å²) in [6, 6.07) is 9.96. The Labute approximate surface area is 132 Å². The first-order chi connectivity index (χ1) is 9.83. The van der Waals surface area contributed by atoms with Crippen molar-refractivity contribution < 1.29 is 14.2 Å². The highest BCUT2D eigenvalue weighted by molar-refractivity contribution is 14.1. The lowest BCUT2D eigenvalue weighted by Gasteiger charge is -2.17. The average Bonchev–Trinajstić information content (AvgIpc) is 3.05. The number of hydrogen-bond acceptors (Lipinski definition) is 4. The maximum absolute atomic E-state index is 6.06. The van der Waals surface area contributed by atoms with Crippen molar-refractivity contribution in [3.05, 3.63) is 35.9 Å². The van der Waals surface area contributed by atoms with Crippen molar-refractivity contribution in [2.45, 2.75) is 37.4 Å². The van der Waals surface area contributed by atoms with Crippen molar-refractivity contribution in [1.29, 1.82) is 0 Å². The van der Waals surface area contributed by atoms with E-state index in [0.717, 1.165) is 22.8 Å². The number of rotatable bonds is 5. The molecule has 108 valence electrons. The van der Waals surface area contributed by atoms with E-state index in [2.05, 4.69) is 27.6 Å². The molecule has 0 aliphatic carbocycles. The summed E-state index contributed by atoms with van der Waals surface area (Å²) < 4.78 is 18.5. The highest BCUT2D eigenvalue weighted by Gasteiger charge is 2.50. The SMILES string of the molecule is CO[C@@H]1O[C@H](CCCI)[C@H]2OC(c3ccccc3)=N[C@@H]12. The zero-order valence-electron chi connectivity index (χ0n) is 11.4. The fraction of sp³-hybridized carbons (Fsp3) is 0.533. The van der Waals surface area contributed by atoms with E-state index < -0.39 is 0 Å².